The molecule has 2 aliphatic carbocycles. The first kappa shape index (κ1) is 31.9. The van der Waals surface area contributed by atoms with E-state index in [4.69, 9.17) is 0 Å². The van der Waals surface area contributed by atoms with Crippen LogP contribution < -0.4 is 24.8 Å². The first-order valence-electron chi connectivity index (χ1n) is 13.6. The zero-order chi connectivity index (χ0) is 25.2. The van der Waals surface area contributed by atoms with Gasteiger partial charge in [-0.05, 0) is 79.3 Å². The summed E-state index contributed by atoms with van der Waals surface area (Å²) in [4.78, 5) is 0. The van der Waals surface area contributed by atoms with Crippen LogP contribution in [0.3, 0.4) is 0 Å². The molecule has 0 saturated carbocycles. The summed E-state index contributed by atoms with van der Waals surface area (Å²) in [6.07, 6.45) is 2.32. The van der Waals surface area contributed by atoms with E-state index in [1.54, 1.807) is 0 Å². The molecule has 4 aromatic carbocycles. The zero-order valence-electron chi connectivity index (χ0n) is 23.9. The van der Waals surface area contributed by atoms with Gasteiger partial charge >= 0.3 is 0 Å². The van der Waals surface area contributed by atoms with Crippen molar-refractivity contribution in [3.05, 3.63) is 118 Å². The summed E-state index contributed by atoms with van der Waals surface area (Å²) >= 11 is 0. The average molecular weight is 720 g/mol. The Kier molecular flexibility index (Phi) is 9.53. The van der Waals surface area contributed by atoms with E-state index in [1.165, 1.54) is 55.6 Å². The summed E-state index contributed by atoms with van der Waals surface area (Å²) < 4.78 is 0. The molecule has 0 saturated heterocycles. The molecule has 0 heterocycles. The monoisotopic (exact) mass is 720 g/mol. The van der Waals surface area contributed by atoms with E-state index < -0.39 is 0 Å². The molecular formula is C36H38Cl2Hf-2. The molecule has 2 atom stereocenters. The van der Waals surface area contributed by atoms with Gasteiger partial charge in [0.15, 0.2) is 0 Å². The van der Waals surface area contributed by atoms with Gasteiger partial charge < -0.3 is 24.8 Å². The minimum absolute atomic E-state index is 0. The summed E-state index contributed by atoms with van der Waals surface area (Å²) in [5.74, 6) is 0.918. The van der Waals surface area contributed by atoms with E-state index in [0.717, 1.165) is 12.8 Å². The van der Waals surface area contributed by atoms with Gasteiger partial charge in [0.05, 0.1) is 0 Å². The van der Waals surface area contributed by atoms with Gasteiger partial charge in [-0.1, -0.05) is 126 Å². The third-order valence-corrected chi connectivity index (χ3v) is 8.52. The SMILES string of the molecule is CC(C)(C)c1cccc2c1-c1ccccc1C2CCC1c2ccccc2-c2c1cccc2C(C)(C)C.[Cl-].[Cl-].[Hf]. The maximum absolute atomic E-state index is 2.39. The van der Waals surface area contributed by atoms with E-state index in [9.17, 15) is 0 Å². The molecule has 39 heavy (non-hydrogen) atoms. The third kappa shape index (κ3) is 5.37. The van der Waals surface area contributed by atoms with Crippen molar-refractivity contribution in [3.8, 4) is 22.3 Å². The topological polar surface area (TPSA) is 0 Å². The van der Waals surface area contributed by atoms with Gasteiger partial charge in [-0.25, -0.2) is 0 Å². The second-order valence-electron chi connectivity index (χ2n) is 12.9. The van der Waals surface area contributed by atoms with Crippen molar-refractivity contribution in [1.29, 1.82) is 0 Å². The van der Waals surface area contributed by atoms with Crippen LogP contribution >= 0.6 is 0 Å². The van der Waals surface area contributed by atoms with Crippen LogP contribution in [0.1, 0.15) is 99.6 Å². The van der Waals surface area contributed by atoms with Crippen molar-refractivity contribution in [3.63, 3.8) is 0 Å². The molecule has 0 amide bonds. The summed E-state index contributed by atoms with van der Waals surface area (Å²) in [6.45, 7) is 14.1. The zero-order valence-corrected chi connectivity index (χ0v) is 29.0. The number of hydrogen-bond donors (Lipinski definition) is 0. The van der Waals surface area contributed by atoms with Gasteiger partial charge in [0, 0.05) is 37.7 Å². The summed E-state index contributed by atoms with van der Waals surface area (Å²) in [5.41, 5.74) is 15.2. The van der Waals surface area contributed by atoms with E-state index in [0.29, 0.717) is 11.8 Å². The Morgan fingerprint density at radius 3 is 1.15 bits per heavy atom. The van der Waals surface area contributed by atoms with Gasteiger partial charge in [-0.15, -0.1) is 0 Å². The molecule has 0 spiro atoms. The van der Waals surface area contributed by atoms with E-state index in [1.807, 2.05) is 0 Å². The summed E-state index contributed by atoms with van der Waals surface area (Å²) in [7, 11) is 0. The van der Waals surface area contributed by atoms with E-state index in [-0.39, 0.29) is 61.5 Å². The fourth-order valence-corrected chi connectivity index (χ4v) is 6.92. The maximum Gasteiger partial charge on any atom is 0.0102 e. The molecule has 0 fully saturated rings. The molecule has 0 nitrogen and oxygen atoms in total. The number of rotatable bonds is 3. The summed E-state index contributed by atoms with van der Waals surface area (Å²) in [5, 5.41) is 0. The Balaban J connectivity index is 0.00000140. The molecule has 0 radical (unpaired) electrons. The first-order valence-corrected chi connectivity index (χ1v) is 13.6. The van der Waals surface area contributed by atoms with Crippen LogP contribution in [-0.2, 0) is 36.7 Å². The average Bonchev–Trinajstić information content (AvgIpc) is 3.34. The molecule has 0 aliphatic heterocycles. The van der Waals surface area contributed by atoms with Crippen molar-refractivity contribution >= 4 is 0 Å². The molecule has 2 unspecified atom stereocenters. The fraction of sp³-hybridized carbons (Fsp3) is 0.333. The Labute approximate surface area is 266 Å². The van der Waals surface area contributed by atoms with Gasteiger partial charge in [0.25, 0.3) is 0 Å². The fourth-order valence-electron chi connectivity index (χ4n) is 6.92. The van der Waals surface area contributed by atoms with Crippen LogP contribution in [0.4, 0.5) is 0 Å². The van der Waals surface area contributed by atoms with E-state index in [2.05, 4.69) is 126 Å². The standard InChI is InChI=1S/C36H38.2ClH.Hf/c1-35(2,3)31-19-11-17-29-25(23-13-7-9-15-27(23)33(29)31)21-22-26-24-14-8-10-16-28(24)34-30(26)18-12-20-32(34)36(4,5)6;;;/h7-20,25-26H,21-22H2,1-6H3;2*1H;/p-2. The van der Waals surface area contributed by atoms with Crippen LogP contribution in [0, 0.1) is 0 Å². The smallest absolute Gasteiger partial charge is 0.0102 e. The largest absolute Gasteiger partial charge is 1.00 e. The van der Waals surface area contributed by atoms with Crippen molar-refractivity contribution < 1.29 is 50.7 Å². The molecule has 4 aromatic rings. The second-order valence-corrected chi connectivity index (χ2v) is 12.9. The van der Waals surface area contributed by atoms with Crippen LogP contribution in [0.25, 0.3) is 22.3 Å². The number of fused-ring (bicyclic) bond motifs is 6. The van der Waals surface area contributed by atoms with Gasteiger partial charge in [0.2, 0.25) is 0 Å². The van der Waals surface area contributed by atoms with Crippen LogP contribution in [0.2, 0.25) is 0 Å². The molecular weight excluding hydrogens is 682 g/mol. The van der Waals surface area contributed by atoms with Gasteiger partial charge in [-0.2, -0.15) is 0 Å². The van der Waals surface area contributed by atoms with E-state index >= 15 is 0 Å². The van der Waals surface area contributed by atoms with Crippen molar-refractivity contribution in [1.82, 2.24) is 0 Å². The van der Waals surface area contributed by atoms with Crippen molar-refractivity contribution in [2.24, 2.45) is 0 Å². The first-order chi connectivity index (χ1) is 17.2. The molecule has 202 valence electrons. The predicted octanol–water partition coefficient (Wildman–Crippen LogP) is 3.99. The van der Waals surface area contributed by atoms with Crippen LogP contribution in [-0.4, -0.2) is 0 Å². The molecule has 0 N–H and O–H groups in total. The number of benzene rings is 4. The normalized spacial score (nSPS) is 16.6. The quantitative estimate of drug-likeness (QED) is 0.281. The summed E-state index contributed by atoms with van der Waals surface area (Å²) in [6, 6.07) is 32.4. The predicted molar refractivity (Wildman–Crippen MR) is 154 cm³/mol. The minimum Gasteiger partial charge on any atom is -1.00 e. The third-order valence-electron chi connectivity index (χ3n) is 8.52. The molecule has 0 bridgehead atoms. The van der Waals surface area contributed by atoms with Gasteiger partial charge in [0.1, 0.15) is 0 Å². The second kappa shape index (κ2) is 11.7. The Morgan fingerprint density at radius 2 is 0.795 bits per heavy atom. The van der Waals surface area contributed by atoms with Crippen LogP contribution in [0.5, 0.6) is 0 Å². The number of hydrogen-bond acceptors (Lipinski definition) is 0. The minimum atomic E-state index is 0. The van der Waals surface area contributed by atoms with Crippen molar-refractivity contribution in [2.75, 3.05) is 0 Å². The Hall–Kier alpha value is -1.67. The maximum atomic E-state index is 2.39. The molecule has 6 rings (SSSR count). The van der Waals surface area contributed by atoms with Crippen molar-refractivity contribution in [2.45, 2.75) is 77.0 Å². The Morgan fingerprint density at radius 1 is 0.462 bits per heavy atom. The molecule has 0 aromatic heterocycles. The number of halogens is 2. The van der Waals surface area contributed by atoms with Gasteiger partial charge in [-0.3, -0.25) is 0 Å². The molecule has 2 aliphatic rings. The molecule has 3 heteroatoms. The Bertz CT molecular complexity index is 1360. The van der Waals surface area contributed by atoms with Crippen LogP contribution in [0.15, 0.2) is 84.9 Å².